The minimum absolute atomic E-state index is 0.797. The van der Waals surface area contributed by atoms with Crippen molar-refractivity contribution in [3.8, 4) is 0 Å². The predicted molar refractivity (Wildman–Crippen MR) is 119 cm³/mol. The van der Waals surface area contributed by atoms with Crippen molar-refractivity contribution in [1.82, 2.24) is 0 Å². The summed E-state index contributed by atoms with van der Waals surface area (Å²) in [5, 5.41) is 0. The van der Waals surface area contributed by atoms with Gasteiger partial charge in [0.1, 0.15) is 0 Å². The molecule has 0 aliphatic heterocycles. The van der Waals surface area contributed by atoms with Crippen LogP contribution in [0.4, 0.5) is 0 Å². The monoisotopic (exact) mass is 376 g/mol. The molecule has 6 atom stereocenters. The average molecular weight is 377 g/mol. The molecule has 4 aliphatic rings. The first-order valence-corrected chi connectivity index (χ1v) is 14.8. The highest BCUT2D eigenvalue weighted by Gasteiger charge is 2.52. The summed E-state index contributed by atoms with van der Waals surface area (Å²) in [7, 11) is -1.24. The molecule has 4 aliphatic carbocycles. The summed E-state index contributed by atoms with van der Waals surface area (Å²) in [5.41, 5.74) is 4.98. The molecule has 6 unspecified atom stereocenters. The largest absolute Gasteiger partial charge is 0.0802 e. The molecule has 0 aromatic heterocycles. The van der Waals surface area contributed by atoms with Crippen LogP contribution in [0.15, 0.2) is 48.6 Å². The Morgan fingerprint density at radius 3 is 2.44 bits per heavy atom. The van der Waals surface area contributed by atoms with E-state index in [-0.39, 0.29) is 0 Å². The quantitative estimate of drug-likeness (QED) is 0.474. The van der Waals surface area contributed by atoms with Crippen LogP contribution in [0, 0.1) is 23.7 Å². The lowest BCUT2D eigenvalue weighted by Gasteiger charge is -2.44. The number of allylic oxidation sites excluding steroid dienone is 4. The van der Waals surface area contributed by atoms with Gasteiger partial charge in [0.15, 0.2) is 0 Å². The Kier molecular flexibility index (Phi) is 4.70. The van der Waals surface area contributed by atoms with Crippen LogP contribution < -0.4 is 0 Å². The van der Waals surface area contributed by atoms with Crippen LogP contribution in [0.2, 0.25) is 24.2 Å². The molecule has 0 saturated heterocycles. The smallest absolute Gasteiger partial charge is 0.0544 e. The number of hydrogen-bond donors (Lipinski definition) is 0. The fourth-order valence-corrected chi connectivity index (χ4v) is 12.9. The topological polar surface area (TPSA) is 0 Å². The first-order valence-electron chi connectivity index (χ1n) is 11.6. The molecular weight excluding hydrogens is 340 g/mol. The van der Waals surface area contributed by atoms with E-state index >= 15 is 0 Å². The summed E-state index contributed by atoms with van der Waals surface area (Å²) in [6.07, 6.45) is 19.9. The number of fused-ring (bicyclic) bond motifs is 2. The maximum Gasteiger partial charge on any atom is 0.0544 e. The summed E-state index contributed by atoms with van der Waals surface area (Å²) in [5.74, 6) is 3.83. The Morgan fingerprint density at radius 2 is 1.59 bits per heavy atom. The number of hydrogen-bond acceptors (Lipinski definition) is 0. The van der Waals surface area contributed by atoms with Crippen LogP contribution >= 0.6 is 0 Å². The van der Waals surface area contributed by atoms with Gasteiger partial charge in [-0.05, 0) is 52.3 Å². The average Bonchev–Trinajstić information content (AvgIpc) is 3.33. The Bertz CT molecular complexity index is 728. The third-order valence-electron chi connectivity index (χ3n) is 9.01. The fourth-order valence-electron chi connectivity index (χ4n) is 7.65. The van der Waals surface area contributed by atoms with Gasteiger partial charge in [0.2, 0.25) is 0 Å². The van der Waals surface area contributed by atoms with Gasteiger partial charge in [-0.25, -0.2) is 0 Å². The lowest BCUT2D eigenvalue weighted by molar-refractivity contribution is 0.273. The molecule has 0 radical (unpaired) electrons. The maximum absolute atomic E-state index is 2.78. The van der Waals surface area contributed by atoms with Crippen molar-refractivity contribution >= 4 is 13.6 Å². The fraction of sp³-hybridized carbons (Fsp3) is 0.615. The van der Waals surface area contributed by atoms with Gasteiger partial charge in [-0.15, -0.1) is 0 Å². The third kappa shape index (κ3) is 3.11. The number of benzene rings is 1. The molecule has 0 spiro atoms. The Labute approximate surface area is 167 Å². The first-order chi connectivity index (χ1) is 13.1. The molecule has 0 bridgehead atoms. The number of rotatable bonds is 3. The molecule has 0 amide bonds. The Balaban J connectivity index is 1.36. The van der Waals surface area contributed by atoms with E-state index in [0.29, 0.717) is 0 Å². The van der Waals surface area contributed by atoms with Crippen molar-refractivity contribution in [2.75, 3.05) is 0 Å². The lowest BCUT2D eigenvalue weighted by Crippen LogP contribution is -2.42. The third-order valence-corrected chi connectivity index (χ3v) is 14.2. The van der Waals surface area contributed by atoms with Gasteiger partial charge in [0, 0.05) is 0 Å². The standard InChI is InChI=1S/C26H36Si/c1-27(2,25-16-13-20-10-6-7-11-23(20)25)26-17-14-22-18-21(12-15-24(22)26)19-8-4-3-5-9-19/h3-5,8-9,12,15,18,20,22-26H,6-7,10-11,13-14,16-17H2,1-2H3. The van der Waals surface area contributed by atoms with Crippen LogP contribution in [-0.2, 0) is 0 Å². The zero-order valence-corrected chi connectivity index (χ0v) is 18.2. The van der Waals surface area contributed by atoms with Gasteiger partial charge >= 0.3 is 0 Å². The van der Waals surface area contributed by atoms with Crippen molar-refractivity contribution < 1.29 is 0 Å². The van der Waals surface area contributed by atoms with E-state index in [1.54, 1.807) is 25.7 Å². The van der Waals surface area contributed by atoms with Crippen LogP contribution in [0.5, 0.6) is 0 Å². The van der Waals surface area contributed by atoms with E-state index in [0.717, 1.165) is 34.8 Å². The summed E-state index contributed by atoms with van der Waals surface area (Å²) >= 11 is 0. The van der Waals surface area contributed by atoms with Gasteiger partial charge in [-0.3, -0.25) is 0 Å². The molecule has 1 aromatic rings. The van der Waals surface area contributed by atoms with Crippen LogP contribution in [0.1, 0.15) is 56.9 Å². The first kappa shape index (κ1) is 18.0. The van der Waals surface area contributed by atoms with Crippen LogP contribution in [0.3, 0.4) is 0 Å². The van der Waals surface area contributed by atoms with Crippen LogP contribution in [-0.4, -0.2) is 8.07 Å². The van der Waals surface area contributed by atoms with Gasteiger partial charge in [0.25, 0.3) is 0 Å². The van der Waals surface area contributed by atoms with Gasteiger partial charge in [-0.1, -0.05) is 107 Å². The molecule has 0 nitrogen and oxygen atoms in total. The van der Waals surface area contributed by atoms with E-state index in [9.17, 15) is 0 Å². The minimum atomic E-state index is -1.24. The van der Waals surface area contributed by atoms with Gasteiger partial charge < -0.3 is 0 Å². The molecule has 0 N–H and O–H groups in total. The normalized spacial score (nSPS) is 38.4. The second-order valence-electron chi connectivity index (χ2n) is 10.5. The summed E-state index contributed by atoms with van der Waals surface area (Å²) in [6.45, 7) is 5.57. The second-order valence-corrected chi connectivity index (χ2v) is 15.6. The predicted octanol–water partition coefficient (Wildman–Crippen LogP) is 7.72. The van der Waals surface area contributed by atoms with E-state index in [1.807, 2.05) is 0 Å². The van der Waals surface area contributed by atoms with Crippen molar-refractivity contribution in [3.05, 3.63) is 54.1 Å². The van der Waals surface area contributed by atoms with Crippen molar-refractivity contribution in [3.63, 3.8) is 0 Å². The summed E-state index contributed by atoms with van der Waals surface area (Å²) < 4.78 is 0. The molecule has 1 aromatic carbocycles. The molecule has 3 saturated carbocycles. The zero-order valence-electron chi connectivity index (χ0n) is 17.2. The zero-order chi connectivity index (χ0) is 18.4. The summed E-state index contributed by atoms with van der Waals surface area (Å²) in [4.78, 5) is 0. The molecule has 144 valence electrons. The van der Waals surface area contributed by atoms with E-state index < -0.39 is 8.07 Å². The maximum atomic E-state index is 2.78. The van der Waals surface area contributed by atoms with Crippen molar-refractivity contribution in [2.24, 2.45) is 23.7 Å². The van der Waals surface area contributed by atoms with Crippen LogP contribution in [0.25, 0.3) is 5.57 Å². The Morgan fingerprint density at radius 1 is 0.815 bits per heavy atom. The van der Waals surface area contributed by atoms with E-state index in [2.05, 4.69) is 61.7 Å². The molecule has 27 heavy (non-hydrogen) atoms. The molecule has 3 fully saturated rings. The molecule has 0 heterocycles. The van der Waals surface area contributed by atoms with Gasteiger partial charge in [0.05, 0.1) is 8.07 Å². The minimum Gasteiger partial charge on any atom is -0.0802 e. The highest BCUT2D eigenvalue weighted by Crippen LogP contribution is 2.60. The SMILES string of the molecule is C[Si](C)(C1CCC2C=C(c3ccccc3)C=CC21)C1CCC2CCCCC21. The molecular formula is C26H36Si. The molecule has 1 heteroatoms. The van der Waals surface area contributed by atoms with E-state index in [4.69, 9.17) is 0 Å². The van der Waals surface area contributed by atoms with Crippen molar-refractivity contribution in [1.29, 1.82) is 0 Å². The van der Waals surface area contributed by atoms with E-state index in [1.165, 1.54) is 36.8 Å². The summed E-state index contributed by atoms with van der Waals surface area (Å²) in [6, 6.07) is 11.0. The highest BCUT2D eigenvalue weighted by atomic mass is 28.3. The molecule has 5 rings (SSSR count). The second kappa shape index (κ2) is 7.06. The Hall–Kier alpha value is -1.08. The van der Waals surface area contributed by atoms with Gasteiger partial charge in [-0.2, -0.15) is 0 Å². The van der Waals surface area contributed by atoms with Crippen molar-refractivity contribution in [2.45, 2.75) is 75.5 Å². The lowest BCUT2D eigenvalue weighted by atomic mass is 9.82. The highest BCUT2D eigenvalue weighted by molar-refractivity contribution is 6.80.